The molecule has 0 saturated heterocycles. The summed E-state index contributed by atoms with van der Waals surface area (Å²) in [5, 5.41) is 12.8. The summed E-state index contributed by atoms with van der Waals surface area (Å²) in [6.45, 7) is 3.56. The Bertz CT molecular complexity index is 578. The average molecular weight is 263 g/mol. The molecule has 2 N–H and O–H groups in total. The molecule has 2 rings (SSSR count). The maximum atomic E-state index is 13.3. The predicted molar refractivity (Wildman–Crippen MR) is 71.2 cm³/mol. The van der Waals surface area contributed by atoms with Gasteiger partial charge in [-0.15, -0.1) is 0 Å². The molecular weight excluding hydrogens is 248 g/mol. The number of phenolic OH excluding ortho intramolecular Hbond substituents is 1. The second kappa shape index (κ2) is 5.26. The summed E-state index contributed by atoms with van der Waals surface area (Å²) in [7, 11) is 0. The van der Waals surface area contributed by atoms with Crippen LogP contribution in [0.3, 0.4) is 0 Å². The highest BCUT2D eigenvalue weighted by Gasteiger charge is 2.12. The maximum absolute atomic E-state index is 13.3. The Hall–Kier alpha value is -2.10. The highest BCUT2D eigenvalue weighted by molar-refractivity contribution is 5.49. The molecule has 100 valence electrons. The van der Waals surface area contributed by atoms with E-state index in [0.29, 0.717) is 11.3 Å². The van der Waals surface area contributed by atoms with Crippen molar-refractivity contribution in [2.75, 3.05) is 5.32 Å². The standard InChI is InChI=1S/C15H15F2NO/c1-9-5-12(17)7-13(6-9)18-10(2)14-8-11(16)3-4-15(14)19/h3-8,10,18-19H,1-2H3. The van der Waals surface area contributed by atoms with Crippen LogP contribution in [0.1, 0.15) is 24.1 Å². The largest absolute Gasteiger partial charge is 0.508 e. The van der Waals surface area contributed by atoms with Crippen LogP contribution in [0.25, 0.3) is 0 Å². The van der Waals surface area contributed by atoms with Gasteiger partial charge < -0.3 is 10.4 Å². The van der Waals surface area contributed by atoms with Gasteiger partial charge in [0.05, 0.1) is 6.04 Å². The minimum Gasteiger partial charge on any atom is -0.508 e. The molecule has 0 saturated carbocycles. The van der Waals surface area contributed by atoms with E-state index in [4.69, 9.17) is 0 Å². The summed E-state index contributed by atoms with van der Waals surface area (Å²) in [4.78, 5) is 0. The zero-order valence-electron chi connectivity index (χ0n) is 10.7. The third-order valence-corrected chi connectivity index (χ3v) is 2.88. The molecule has 19 heavy (non-hydrogen) atoms. The van der Waals surface area contributed by atoms with Crippen molar-refractivity contribution < 1.29 is 13.9 Å². The summed E-state index contributed by atoms with van der Waals surface area (Å²) in [5.41, 5.74) is 1.81. The fourth-order valence-electron chi connectivity index (χ4n) is 2.02. The zero-order valence-corrected chi connectivity index (χ0v) is 10.7. The van der Waals surface area contributed by atoms with Gasteiger partial charge in [0.2, 0.25) is 0 Å². The molecule has 2 nitrogen and oxygen atoms in total. The molecule has 0 aliphatic rings. The number of hydrogen-bond donors (Lipinski definition) is 2. The fourth-order valence-corrected chi connectivity index (χ4v) is 2.02. The zero-order chi connectivity index (χ0) is 14.0. The van der Waals surface area contributed by atoms with E-state index in [1.807, 2.05) is 0 Å². The van der Waals surface area contributed by atoms with Crippen LogP contribution in [0, 0.1) is 18.6 Å². The number of nitrogens with one attached hydrogen (secondary N) is 1. The molecule has 1 unspecified atom stereocenters. The molecule has 0 fully saturated rings. The minimum absolute atomic E-state index is 0.00882. The minimum atomic E-state index is -0.420. The van der Waals surface area contributed by atoms with Crippen molar-refractivity contribution in [1.82, 2.24) is 0 Å². The first-order valence-corrected chi connectivity index (χ1v) is 5.98. The van der Waals surface area contributed by atoms with E-state index < -0.39 is 5.82 Å². The summed E-state index contributed by atoms with van der Waals surface area (Å²) in [6, 6.07) is 8.00. The number of rotatable bonds is 3. The molecule has 0 bridgehead atoms. The molecular formula is C15H15F2NO. The van der Waals surface area contributed by atoms with Gasteiger partial charge in [-0.25, -0.2) is 8.78 Å². The van der Waals surface area contributed by atoms with Gasteiger partial charge in [-0.3, -0.25) is 0 Å². The van der Waals surface area contributed by atoms with Crippen LogP contribution in [0.4, 0.5) is 14.5 Å². The molecule has 1 atom stereocenters. The average Bonchev–Trinajstić information content (AvgIpc) is 2.30. The predicted octanol–water partition coefficient (Wildman–Crippen LogP) is 4.15. The van der Waals surface area contributed by atoms with Gasteiger partial charge in [0.25, 0.3) is 0 Å². The summed E-state index contributed by atoms with van der Waals surface area (Å²) >= 11 is 0. The number of aromatic hydroxyl groups is 1. The molecule has 0 aliphatic heterocycles. The summed E-state index contributed by atoms with van der Waals surface area (Å²) < 4.78 is 26.5. The van der Waals surface area contributed by atoms with Crippen LogP contribution in [0.5, 0.6) is 5.75 Å². The molecule has 2 aromatic carbocycles. The lowest BCUT2D eigenvalue weighted by atomic mass is 10.1. The monoisotopic (exact) mass is 263 g/mol. The third kappa shape index (κ3) is 3.22. The van der Waals surface area contributed by atoms with Gasteiger partial charge in [0, 0.05) is 11.3 Å². The van der Waals surface area contributed by atoms with Crippen LogP contribution < -0.4 is 5.32 Å². The van der Waals surface area contributed by atoms with E-state index in [0.717, 1.165) is 5.56 Å². The number of aryl methyl sites for hydroxylation is 1. The lowest BCUT2D eigenvalue weighted by Gasteiger charge is -2.17. The van der Waals surface area contributed by atoms with Gasteiger partial charge >= 0.3 is 0 Å². The van der Waals surface area contributed by atoms with E-state index >= 15 is 0 Å². The second-order valence-electron chi connectivity index (χ2n) is 4.59. The topological polar surface area (TPSA) is 32.3 Å². The Morgan fingerprint density at radius 1 is 1.05 bits per heavy atom. The Balaban J connectivity index is 2.25. The van der Waals surface area contributed by atoms with Gasteiger partial charge in [0.1, 0.15) is 17.4 Å². The van der Waals surface area contributed by atoms with Gasteiger partial charge in [-0.2, -0.15) is 0 Å². The third-order valence-electron chi connectivity index (χ3n) is 2.88. The van der Waals surface area contributed by atoms with Gasteiger partial charge in [-0.1, -0.05) is 0 Å². The van der Waals surface area contributed by atoms with Crippen LogP contribution in [0.2, 0.25) is 0 Å². The normalized spacial score (nSPS) is 12.2. The maximum Gasteiger partial charge on any atom is 0.125 e. The quantitative estimate of drug-likeness (QED) is 0.871. The molecule has 4 heteroatoms. The van der Waals surface area contributed by atoms with Crippen molar-refractivity contribution in [3.8, 4) is 5.75 Å². The van der Waals surface area contributed by atoms with Gasteiger partial charge in [-0.05, 0) is 55.8 Å². The number of anilines is 1. The van der Waals surface area contributed by atoms with Crippen molar-refractivity contribution in [2.24, 2.45) is 0 Å². The van der Waals surface area contributed by atoms with Crippen LogP contribution in [0.15, 0.2) is 36.4 Å². The number of phenols is 1. The number of hydrogen-bond acceptors (Lipinski definition) is 2. The Morgan fingerprint density at radius 2 is 1.79 bits per heavy atom. The van der Waals surface area contributed by atoms with E-state index in [9.17, 15) is 13.9 Å². The SMILES string of the molecule is Cc1cc(F)cc(NC(C)c2cc(F)ccc2O)c1. The number of benzene rings is 2. The first-order valence-electron chi connectivity index (χ1n) is 5.98. The lowest BCUT2D eigenvalue weighted by Crippen LogP contribution is -2.07. The van der Waals surface area contributed by atoms with Crippen molar-refractivity contribution in [1.29, 1.82) is 0 Å². The Kier molecular flexibility index (Phi) is 3.69. The molecule has 2 aromatic rings. The van der Waals surface area contributed by atoms with Crippen molar-refractivity contribution in [3.05, 3.63) is 59.2 Å². The van der Waals surface area contributed by atoms with E-state index in [1.165, 1.54) is 30.3 Å². The van der Waals surface area contributed by atoms with Crippen LogP contribution in [-0.4, -0.2) is 5.11 Å². The molecule has 0 heterocycles. The second-order valence-corrected chi connectivity index (χ2v) is 4.59. The van der Waals surface area contributed by atoms with Crippen molar-refractivity contribution >= 4 is 5.69 Å². The van der Waals surface area contributed by atoms with Crippen LogP contribution >= 0.6 is 0 Å². The Labute approximate surface area is 110 Å². The van der Waals surface area contributed by atoms with E-state index in [-0.39, 0.29) is 17.6 Å². The van der Waals surface area contributed by atoms with Crippen molar-refractivity contribution in [3.63, 3.8) is 0 Å². The number of halogens is 2. The first-order chi connectivity index (χ1) is 8.95. The van der Waals surface area contributed by atoms with Crippen LogP contribution in [-0.2, 0) is 0 Å². The van der Waals surface area contributed by atoms with Crippen molar-refractivity contribution in [2.45, 2.75) is 19.9 Å². The van der Waals surface area contributed by atoms with Gasteiger partial charge in [0.15, 0.2) is 0 Å². The molecule has 0 aliphatic carbocycles. The summed E-state index contributed by atoms with van der Waals surface area (Å²) in [5.74, 6) is -0.746. The van der Waals surface area contributed by atoms with E-state index in [1.54, 1.807) is 19.9 Å². The smallest absolute Gasteiger partial charge is 0.125 e. The molecule has 0 aromatic heterocycles. The molecule has 0 radical (unpaired) electrons. The van der Waals surface area contributed by atoms with E-state index in [2.05, 4.69) is 5.32 Å². The highest BCUT2D eigenvalue weighted by Crippen LogP contribution is 2.28. The summed E-state index contributed by atoms with van der Waals surface area (Å²) in [6.07, 6.45) is 0. The molecule has 0 amide bonds. The molecule has 0 spiro atoms. The first kappa shape index (κ1) is 13.3. The highest BCUT2D eigenvalue weighted by atomic mass is 19.1. The fraction of sp³-hybridized carbons (Fsp3) is 0.200. The lowest BCUT2D eigenvalue weighted by molar-refractivity contribution is 0.462. The Morgan fingerprint density at radius 3 is 2.47 bits per heavy atom.